The number of aryl methyl sites for hydroxylation is 1. The first-order valence-electron chi connectivity index (χ1n) is 7.76. The molecule has 122 valence electrons. The van der Waals surface area contributed by atoms with Crippen LogP contribution >= 0.6 is 11.6 Å². The number of hydrogen-bond acceptors (Lipinski definition) is 3. The smallest absolute Gasteiger partial charge is 0.0982 e. The Morgan fingerprint density at radius 3 is 2.33 bits per heavy atom. The van der Waals surface area contributed by atoms with E-state index in [1.807, 2.05) is 67.7 Å². The zero-order chi connectivity index (χ0) is 17.1. The van der Waals surface area contributed by atoms with Gasteiger partial charge in [-0.3, -0.25) is 4.98 Å². The van der Waals surface area contributed by atoms with Gasteiger partial charge in [-0.25, -0.2) is 0 Å². The Labute approximate surface area is 146 Å². The largest absolute Gasteiger partial charge is 0.386 e. The molecule has 0 amide bonds. The topological polar surface area (TPSA) is 59.1 Å². The second-order valence-corrected chi connectivity index (χ2v) is 6.25. The highest BCUT2D eigenvalue weighted by atomic mass is 35.5. The summed E-state index contributed by atoms with van der Waals surface area (Å²) in [6, 6.07) is 16.7. The third kappa shape index (κ3) is 3.49. The zero-order valence-electron chi connectivity index (χ0n) is 13.4. The molecule has 2 unspecified atom stereocenters. The molecule has 3 nitrogen and oxygen atoms in total. The number of nitrogens with two attached hydrogens (primary N) is 1. The quantitative estimate of drug-likeness (QED) is 0.739. The van der Waals surface area contributed by atoms with E-state index in [9.17, 15) is 5.11 Å². The van der Waals surface area contributed by atoms with Crippen LogP contribution in [0.4, 0.5) is 0 Å². The lowest BCUT2D eigenvalue weighted by Crippen LogP contribution is -2.19. The van der Waals surface area contributed by atoms with Gasteiger partial charge in [-0.15, -0.1) is 0 Å². The molecule has 1 aromatic heterocycles. The minimum absolute atomic E-state index is 0.535. The number of hydrogen-bond donors (Lipinski definition) is 2. The van der Waals surface area contributed by atoms with Crippen LogP contribution in [0.2, 0.25) is 5.02 Å². The molecular formula is C20H19ClN2O. The molecule has 0 aliphatic heterocycles. The van der Waals surface area contributed by atoms with Crippen LogP contribution in [0.25, 0.3) is 11.1 Å². The fraction of sp³-hybridized carbons (Fsp3) is 0.150. The second kappa shape index (κ2) is 7.14. The highest BCUT2D eigenvalue weighted by Gasteiger charge is 2.19. The maximum atomic E-state index is 10.6. The number of nitrogens with zero attached hydrogens (tertiary/aromatic N) is 1. The van der Waals surface area contributed by atoms with Crippen molar-refractivity contribution in [2.75, 3.05) is 0 Å². The van der Waals surface area contributed by atoms with E-state index in [-0.39, 0.29) is 0 Å². The molecule has 0 fully saturated rings. The first-order chi connectivity index (χ1) is 11.6. The van der Waals surface area contributed by atoms with Gasteiger partial charge in [0.15, 0.2) is 0 Å². The summed E-state index contributed by atoms with van der Waals surface area (Å²) in [6.07, 6.45) is 2.76. The maximum Gasteiger partial charge on any atom is 0.0982 e. The van der Waals surface area contributed by atoms with Crippen LogP contribution in [0.1, 0.15) is 28.8 Å². The fourth-order valence-electron chi connectivity index (χ4n) is 2.61. The normalized spacial score (nSPS) is 13.5. The molecule has 3 rings (SSSR count). The Kier molecular flexibility index (Phi) is 4.95. The number of aliphatic hydroxyl groups is 1. The van der Waals surface area contributed by atoms with Gasteiger partial charge in [0.25, 0.3) is 0 Å². The maximum absolute atomic E-state index is 10.6. The van der Waals surface area contributed by atoms with E-state index >= 15 is 0 Å². The summed E-state index contributed by atoms with van der Waals surface area (Å²) in [5.41, 5.74) is 10.9. The van der Waals surface area contributed by atoms with Crippen LogP contribution in [0.5, 0.6) is 0 Å². The molecule has 3 N–H and O–H groups in total. The molecule has 0 radical (unpaired) electrons. The number of halogens is 1. The Bertz CT molecular complexity index is 819. The predicted molar refractivity (Wildman–Crippen MR) is 97.8 cm³/mol. The van der Waals surface area contributed by atoms with Crippen molar-refractivity contribution in [3.63, 3.8) is 0 Å². The molecule has 24 heavy (non-hydrogen) atoms. The summed E-state index contributed by atoms with van der Waals surface area (Å²) in [5, 5.41) is 11.2. The third-order valence-corrected chi connectivity index (χ3v) is 4.58. The predicted octanol–water partition coefficient (Wildman–Crippen LogP) is 4.44. The standard InChI is InChI=1S/C20H19ClN2O/c1-13-4-5-16(11-18(13)21)19(22)20(24)15-8-6-14(7-9-15)17-3-2-10-23-12-17/h2-12,19-20,24H,22H2,1H3. The highest BCUT2D eigenvalue weighted by Crippen LogP contribution is 2.30. The Morgan fingerprint density at radius 2 is 1.71 bits per heavy atom. The van der Waals surface area contributed by atoms with Crippen LogP contribution in [0.15, 0.2) is 67.0 Å². The summed E-state index contributed by atoms with van der Waals surface area (Å²) in [4.78, 5) is 4.12. The molecule has 1 heterocycles. The molecule has 0 aliphatic carbocycles. The Hall–Kier alpha value is -2.20. The number of benzene rings is 2. The SMILES string of the molecule is Cc1ccc(C(N)C(O)c2ccc(-c3cccnc3)cc2)cc1Cl. The summed E-state index contributed by atoms with van der Waals surface area (Å²) in [6.45, 7) is 1.94. The second-order valence-electron chi connectivity index (χ2n) is 5.84. The van der Waals surface area contributed by atoms with E-state index in [1.54, 1.807) is 6.20 Å². The molecule has 0 aliphatic rings. The first-order valence-corrected chi connectivity index (χ1v) is 8.14. The van der Waals surface area contributed by atoms with Crippen molar-refractivity contribution in [2.24, 2.45) is 5.73 Å². The van der Waals surface area contributed by atoms with Crippen molar-refractivity contribution in [3.8, 4) is 11.1 Å². The molecular weight excluding hydrogens is 320 g/mol. The third-order valence-electron chi connectivity index (χ3n) is 4.17. The molecule has 2 aromatic carbocycles. The summed E-state index contributed by atoms with van der Waals surface area (Å²) in [7, 11) is 0. The van der Waals surface area contributed by atoms with E-state index in [0.717, 1.165) is 27.8 Å². The summed E-state index contributed by atoms with van der Waals surface area (Å²) in [5.74, 6) is 0. The summed E-state index contributed by atoms with van der Waals surface area (Å²) < 4.78 is 0. The van der Waals surface area contributed by atoms with Gasteiger partial charge in [0, 0.05) is 17.4 Å². The van der Waals surface area contributed by atoms with Crippen molar-refractivity contribution in [1.29, 1.82) is 0 Å². The van der Waals surface area contributed by atoms with Crippen LogP contribution in [-0.4, -0.2) is 10.1 Å². The lowest BCUT2D eigenvalue weighted by Gasteiger charge is -2.20. The molecule has 0 spiro atoms. The average molecular weight is 339 g/mol. The molecule has 4 heteroatoms. The molecule has 2 atom stereocenters. The number of pyridine rings is 1. The highest BCUT2D eigenvalue weighted by molar-refractivity contribution is 6.31. The van der Waals surface area contributed by atoms with E-state index in [4.69, 9.17) is 17.3 Å². The minimum atomic E-state index is -0.799. The van der Waals surface area contributed by atoms with Crippen molar-refractivity contribution in [3.05, 3.63) is 88.7 Å². The van der Waals surface area contributed by atoms with Gasteiger partial charge < -0.3 is 10.8 Å². The molecule has 0 bridgehead atoms. The Balaban J connectivity index is 1.81. The van der Waals surface area contributed by atoms with E-state index in [1.165, 1.54) is 0 Å². The van der Waals surface area contributed by atoms with Gasteiger partial charge in [-0.2, -0.15) is 0 Å². The molecule has 0 saturated heterocycles. The Morgan fingerprint density at radius 1 is 1.00 bits per heavy atom. The number of aromatic nitrogens is 1. The monoisotopic (exact) mass is 338 g/mol. The molecule has 3 aromatic rings. The van der Waals surface area contributed by atoms with Crippen LogP contribution in [0, 0.1) is 6.92 Å². The zero-order valence-corrected chi connectivity index (χ0v) is 14.1. The van der Waals surface area contributed by atoms with Gasteiger partial charge in [0.1, 0.15) is 0 Å². The summed E-state index contributed by atoms with van der Waals surface area (Å²) >= 11 is 6.15. The van der Waals surface area contributed by atoms with Crippen LogP contribution in [-0.2, 0) is 0 Å². The lowest BCUT2D eigenvalue weighted by molar-refractivity contribution is 0.147. The number of rotatable bonds is 4. The van der Waals surface area contributed by atoms with Gasteiger partial charge in [-0.1, -0.05) is 54.1 Å². The van der Waals surface area contributed by atoms with Gasteiger partial charge in [-0.05, 0) is 46.9 Å². The van der Waals surface area contributed by atoms with Crippen molar-refractivity contribution in [1.82, 2.24) is 4.98 Å². The van der Waals surface area contributed by atoms with Crippen molar-refractivity contribution in [2.45, 2.75) is 19.1 Å². The van der Waals surface area contributed by atoms with E-state index in [0.29, 0.717) is 5.02 Å². The van der Waals surface area contributed by atoms with E-state index < -0.39 is 12.1 Å². The average Bonchev–Trinajstić information content (AvgIpc) is 2.63. The molecule has 0 saturated carbocycles. The van der Waals surface area contributed by atoms with Gasteiger partial charge >= 0.3 is 0 Å². The van der Waals surface area contributed by atoms with Gasteiger partial charge in [0.05, 0.1) is 12.1 Å². The minimum Gasteiger partial charge on any atom is -0.386 e. The van der Waals surface area contributed by atoms with Crippen LogP contribution < -0.4 is 5.73 Å². The van der Waals surface area contributed by atoms with Gasteiger partial charge in [0.2, 0.25) is 0 Å². The fourth-order valence-corrected chi connectivity index (χ4v) is 2.80. The van der Waals surface area contributed by atoms with Crippen molar-refractivity contribution < 1.29 is 5.11 Å². The number of aliphatic hydroxyl groups excluding tert-OH is 1. The van der Waals surface area contributed by atoms with Crippen molar-refractivity contribution >= 4 is 11.6 Å². The first kappa shape index (κ1) is 16.7. The van der Waals surface area contributed by atoms with E-state index in [2.05, 4.69) is 4.98 Å². The lowest BCUT2D eigenvalue weighted by atomic mass is 9.94. The van der Waals surface area contributed by atoms with Crippen LogP contribution in [0.3, 0.4) is 0 Å².